The summed E-state index contributed by atoms with van der Waals surface area (Å²) in [6.45, 7) is 0. The Kier molecular flexibility index (Phi) is 3.07. The number of carbonyl (C=O) groups is 1. The van der Waals surface area contributed by atoms with Crippen molar-refractivity contribution in [2.75, 3.05) is 0 Å². The Morgan fingerprint density at radius 2 is 1.73 bits per heavy atom. The van der Waals surface area contributed by atoms with Gasteiger partial charge in [0.25, 0.3) is 0 Å². The Balaban J connectivity index is 2.48. The fourth-order valence-electron chi connectivity index (χ4n) is 1.27. The number of rotatable bonds is 2. The van der Waals surface area contributed by atoms with E-state index < -0.39 is 0 Å². The van der Waals surface area contributed by atoms with Crippen molar-refractivity contribution in [2.24, 2.45) is 0 Å². The standard InChI is InChI=1S/C11H6Br2O2/c12-8-3-7(4-9(13)5-8)11-2-1-10(6-14)15-11/h1-6H. The third kappa shape index (κ3) is 2.38. The van der Waals surface area contributed by atoms with Gasteiger partial charge in [-0.25, -0.2) is 0 Å². The molecule has 0 unspecified atom stereocenters. The predicted molar refractivity (Wildman–Crippen MR) is 64.9 cm³/mol. The van der Waals surface area contributed by atoms with E-state index in [1.54, 1.807) is 12.1 Å². The Morgan fingerprint density at radius 1 is 1.07 bits per heavy atom. The quantitative estimate of drug-likeness (QED) is 0.769. The molecule has 0 aliphatic carbocycles. The van der Waals surface area contributed by atoms with Crippen LogP contribution in [0.2, 0.25) is 0 Å². The second-order valence-corrected chi connectivity index (χ2v) is 4.81. The van der Waals surface area contributed by atoms with Gasteiger partial charge in [-0.05, 0) is 30.3 Å². The smallest absolute Gasteiger partial charge is 0.185 e. The van der Waals surface area contributed by atoms with Crippen LogP contribution < -0.4 is 0 Å². The molecule has 0 aliphatic heterocycles. The van der Waals surface area contributed by atoms with Gasteiger partial charge < -0.3 is 4.42 Å². The van der Waals surface area contributed by atoms with Crippen molar-refractivity contribution >= 4 is 38.1 Å². The van der Waals surface area contributed by atoms with Crippen molar-refractivity contribution in [2.45, 2.75) is 0 Å². The first-order valence-electron chi connectivity index (χ1n) is 4.20. The zero-order valence-electron chi connectivity index (χ0n) is 7.54. The van der Waals surface area contributed by atoms with E-state index in [1.807, 2.05) is 18.2 Å². The summed E-state index contributed by atoms with van der Waals surface area (Å²) in [5.41, 5.74) is 0.921. The Labute approximate surface area is 104 Å². The van der Waals surface area contributed by atoms with Crippen LogP contribution in [0.25, 0.3) is 11.3 Å². The van der Waals surface area contributed by atoms with Crippen molar-refractivity contribution in [1.82, 2.24) is 0 Å². The van der Waals surface area contributed by atoms with Crippen LogP contribution >= 0.6 is 31.9 Å². The first-order chi connectivity index (χ1) is 7.19. The molecular formula is C11H6Br2O2. The highest BCUT2D eigenvalue weighted by molar-refractivity contribution is 9.11. The second-order valence-electron chi connectivity index (χ2n) is 2.98. The van der Waals surface area contributed by atoms with Crippen molar-refractivity contribution in [1.29, 1.82) is 0 Å². The molecule has 0 bridgehead atoms. The molecule has 0 saturated carbocycles. The Hall–Kier alpha value is -0.870. The minimum Gasteiger partial charge on any atom is -0.453 e. The molecule has 1 heterocycles. The molecule has 0 fully saturated rings. The molecule has 0 spiro atoms. The lowest BCUT2D eigenvalue weighted by atomic mass is 10.2. The lowest BCUT2D eigenvalue weighted by Gasteiger charge is -1.99. The highest BCUT2D eigenvalue weighted by atomic mass is 79.9. The molecule has 0 N–H and O–H groups in total. The summed E-state index contributed by atoms with van der Waals surface area (Å²) in [4.78, 5) is 10.5. The SMILES string of the molecule is O=Cc1ccc(-c2cc(Br)cc(Br)c2)o1. The van der Waals surface area contributed by atoms with Crippen molar-refractivity contribution < 1.29 is 9.21 Å². The monoisotopic (exact) mass is 328 g/mol. The molecule has 2 aromatic rings. The van der Waals surface area contributed by atoms with Gasteiger partial charge in [0, 0.05) is 14.5 Å². The van der Waals surface area contributed by atoms with Gasteiger partial charge in [0.1, 0.15) is 5.76 Å². The number of benzene rings is 1. The molecule has 1 aromatic carbocycles. The van der Waals surface area contributed by atoms with Crippen LogP contribution in [0.1, 0.15) is 10.6 Å². The summed E-state index contributed by atoms with van der Waals surface area (Å²) >= 11 is 6.79. The van der Waals surface area contributed by atoms with E-state index >= 15 is 0 Å². The largest absolute Gasteiger partial charge is 0.453 e. The van der Waals surface area contributed by atoms with Crippen LogP contribution in [-0.4, -0.2) is 6.29 Å². The zero-order chi connectivity index (χ0) is 10.8. The van der Waals surface area contributed by atoms with Crippen molar-refractivity contribution in [3.05, 3.63) is 45.0 Å². The van der Waals surface area contributed by atoms with E-state index in [1.165, 1.54) is 0 Å². The summed E-state index contributed by atoms with van der Waals surface area (Å²) in [5, 5.41) is 0. The van der Waals surface area contributed by atoms with Gasteiger partial charge in [0.2, 0.25) is 0 Å². The van der Waals surface area contributed by atoms with Crippen LogP contribution in [0.4, 0.5) is 0 Å². The van der Waals surface area contributed by atoms with E-state index in [9.17, 15) is 4.79 Å². The fourth-order valence-corrected chi connectivity index (χ4v) is 2.56. The van der Waals surface area contributed by atoms with Gasteiger partial charge in [0.05, 0.1) is 0 Å². The molecule has 2 nitrogen and oxygen atoms in total. The van der Waals surface area contributed by atoms with Gasteiger partial charge in [0.15, 0.2) is 12.0 Å². The molecule has 1 aromatic heterocycles. The molecule has 0 atom stereocenters. The maximum Gasteiger partial charge on any atom is 0.185 e. The maximum atomic E-state index is 10.5. The van der Waals surface area contributed by atoms with E-state index in [0.717, 1.165) is 14.5 Å². The summed E-state index contributed by atoms with van der Waals surface area (Å²) in [6, 6.07) is 9.22. The number of hydrogen-bond acceptors (Lipinski definition) is 2. The number of furan rings is 1. The lowest BCUT2D eigenvalue weighted by Crippen LogP contribution is -1.75. The van der Waals surface area contributed by atoms with Crippen LogP contribution in [0.5, 0.6) is 0 Å². The molecule has 0 amide bonds. The van der Waals surface area contributed by atoms with Gasteiger partial charge in [-0.15, -0.1) is 0 Å². The van der Waals surface area contributed by atoms with E-state index in [4.69, 9.17) is 4.42 Å². The van der Waals surface area contributed by atoms with Gasteiger partial charge in [-0.3, -0.25) is 4.79 Å². The lowest BCUT2D eigenvalue weighted by molar-refractivity contribution is 0.110. The number of hydrogen-bond donors (Lipinski definition) is 0. The van der Waals surface area contributed by atoms with E-state index in [-0.39, 0.29) is 0 Å². The Morgan fingerprint density at radius 3 is 2.27 bits per heavy atom. The van der Waals surface area contributed by atoms with Crippen molar-refractivity contribution in [3.63, 3.8) is 0 Å². The summed E-state index contributed by atoms with van der Waals surface area (Å²) in [5.74, 6) is 1.01. The molecular weight excluding hydrogens is 324 g/mol. The van der Waals surface area contributed by atoms with Gasteiger partial charge >= 0.3 is 0 Å². The van der Waals surface area contributed by atoms with Crippen LogP contribution in [-0.2, 0) is 0 Å². The normalized spacial score (nSPS) is 10.3. The topological polar surface area (TPSA) is 30.2 Å². The Bertz CT molecular complexity index is 483. The molecule has 76 valence electrons. The average Bonchev–Trinajstić information content (AvgIpc) is 2.64. The predicted octanol–water partition coefficient (Wildman–Crippen LogP) is 4.28. The number of halogens is 2. The molecule has 0 aliphatic rings. The number of aldehydes is 1. The minimum absolute atomic E-state index is 0.334. The van der Waals surface area contributed by atoms with E-state index in [0.29, 0.717) is 17.8 Å². The number of carbonyl (C=O) groups excluding carboxylic acids is 1. The minimum atomic E-state index is 0.334. The maximum absolute atomic E-state index is 10.5. The molecule has 0 radical (unpaired) electrons. The second kappa shape index (κ2) is 4.33. The van der Waals surface area contributed by atoms with Crippen LogP contribution in [0.15, 0.2) is 43.7 Å². The van der Waals surface area contributed by atoms with E-state index in [2.05, 4.69) is 31.9 Å². The average molecular weight is 330 g/mol. The van der Waals surface area contributed by atoms with Crippen LogP contribution in [0, 0.1) is 0 Å². The van der Waals surface area contributed by atoms with Gasteiger partial charge in [-0.2, -0.15) is 0 Å². The highest BCUT2D eigenvalue weighted by Crippen LogP contribution is 2.28. The highest BCUT2D eigenvalue weighted by Gasteiger charge is 2.05. The summed E-state index contributed by atoms with van der Waals surface area (Å²) in [7, 11) is 0. The van der Waals surface area contributed by atoms with Crippen LogP contribution in [0.3, 0.4) is 0 Å². The molecule has 4 heteroatoms. The summed E-state index contributed by atoms with van der Waals surface area (Å²) < 4.78 is 7.23. The fraction of sp³-hybridized carbons (Fsp3) is 0. The van der Waals surface area contributed by atoms with Gasteiger partial charge in [-0.1, -0.05) is 31.9 Å². The first-order valence-corrected chi connectivity index (χ1v) is 5.79. The molecule has 2 rings (SSSR count). The first kappa shape index (κ1) is 10.6. The molecule has 15 heavy (non-hydrogen) atoms. The third-order valence-electron chi connectivity index (χ3n) is 1.89. The van der Waals surface area contributed by atoms with Crippen molar-refractivity contribution in [3.8, 4) is 11.3 Å². The summed E-state index contributed by atoms with van der Waals surface area (Å²) in [6.07, 6.45) is 0.691. The zero-order valence-corrected chi connectivity index (χ0v) is 10.7. The third-order valence-corrected chi connectivity index (χ3v) is 2.81. The molecule has 0 saturated heterocycles.